The number of fused-ring (bicyclic) bond motifs is 12. The Morgan fingerprint density at radius 3 is 0.884 bits per heavy atom. The largest absolute Gasteiger partial charge is 0.456 e. The molecule has 0 spiro atoms. The number of hydrogen-bond acceptors (Lipinski definition) is 8. The summed E-state index contributed by atoms with van der Waals surface area (Å²) in [5.41, 5.74) is 25.2. The minimum absolute atomic E-state index is 0.632. The average molecular weight is 1430 g/mol. The first-order valence-electron chi connectivity index (χ1n) is 37.5. The van der Waals surface area contributed by atoms with Crippen LogP contribution in [0.4, 0.5) is 0 Å². The molecule has 22 rings (SSSR count). The molecule has 524 valence electrons. The number of aromatic nitrogens is 8. The molecule has 0 aliphatic carbocycles. The summed E-state index contributed by atoms with van der Waals surface area (Å²) in [6.07, 6.45) is 0. The molecular formula is C102H64N8O2. The fourth-order valence-corrected chi connectivity index (χ4v) is 16.0. The maximum Gasteiger partial charge on any atom is 0.164 e. The van der Waals surface area contributed by atoms with Crippen molar-refractivity contribution < 1.29 is 8.83 Å². The topological polar surface area (TPSA) is 113 Å². The molecule has 6 aromatic heterocycles. The standard InChI is InChI=1S/2C51H32N4O/c1-3-14-33(15-4-1)49-52-50(34-16-5-2-6-17-34)54-51(53-49)38-20-11-18-35(30-38)36-19-12-21-39(31-36)55-44-25-9-7-22-41(44)43-32-37(28-29-45(43)55)40-24-13-27-47-48(40)42-23-8-10-26-46(42)56-47;1-3-13-34(14-4-1)49-52-50(35-15-5-2-6-16-35)54-51(53-49)36-27-25-33(26-28-36)37-17-11-18-39(31-37)55-44-22-9-7-19-41(44)43-32-38(29-30-45(43)55)40-21-12-24-47-48(40)42-20-8-10-23-46(42)56-47/h2*1-32H. The van der Waals surface area contributed by atoms with E-state index in [0.29, 0.717) is 34.9 Å². The molecular weight excluding hydrogens is 1370 g/mol. The molecule has 10 heteroatoms. The van der Waals surface area contributed by atoms with E-state index >= 15 is 0 Å². The molecule has 0 unspecified atom stereocenters. The predicted molar refractivity (Wildman–Crippen MR) is 457 cm³/mol. The van der Waals surface area contributed by atoms with Crippen LogP contribution in [0.1, 0.15) is 0 Å². The van der Waals surface area contributed by atoms with E-state index in [2.05, 4.69) is 252 Å². The van der Waals surface area contributed by atoms with Crippen molar-refractivity contribution in [3.05, 3.63) is 388 Å². The quantitative estimate of drug-likeness (QED) is 0.119. The van der Waals surface area contributed by atoms with E-state index in [0.717, 1.165) is 150 Å². The molecule has 0 bridgehead atoms. The third-order valence-electron chi connectivity index (χ3n) is 21.3. The van der Waals surface area contributed by atoms with Gasteiger partial charge in [0.15, 0.2) is 34.9 Å². The van der Waals surface area contributed by atoms with Crippen LogP contribution in [-0.2, 0) is 0 Å². The van der Waals surface area contributed by atoms with Gasteiger partial charge in [-0.1, -0.05) is 297 Å². The summed E-state index contributed by atoms with van der Waals surface area (Å²) in [4.78, 5) is 29.6. The second-order valence-corrected chi connectivity index (χ2v) is 28.1. The molecule has 0 radical (unpaired) electrons. The highest BCUT2D eigenvalue weighted by Gasteiger charge is 2.22. The van der Waals surface area contributed by atoms with Gasteiger partial charge in [-0.2, -0.15) is 0 Å². The van der Waals surface area contributed by atoms with E-state index < -0.39 is 0 Å². The van der Waals surface area contributed by atoms with Crippen LogP contribution >= 0.6 is 0 Å². The van der Waals surface area contributed by atoms with Crippen LogP contribution in [0.5, 0.6) is 0 Å². The van der Waals surface area contributed by atoms with Gasteiger partial charge in [-0.3, -0.25) is 0 Å². The zero-order chi connectivity index (χ0) is 74.0. The Morgan fingerprint density at radius 2 is 0.455 bits per heavy atom. The Kier molecular flexibility index (Phi) is 16.0. The van der Waals surface area contributed by atoms with Gasteiger partial charge >= 0.3 is 0 Å². The number of furan rings is 2. The van der Waals surface area contributed by atoms with Gasteiger partial charge in [-0.05, 0) is 136 Å². The van der Waals surface area contributed by atoms with Crippen LogP contribution in [0.2, 0.25) is 0 Å². The maximum atomic E-state index is 6.25. The Morgan fingerprint density at radius 1 is 0.170 bits per heavy atom. The van der Waals surface area contributed by atoms with Crippen LogP contribution in [0.15, 0.2) is 397 Å². The SMILES string of the molecule is c1ccc(-c2nc(-c3ccccc3)nc(-c3ccc(-c4cccc(-n5c6ccccc6c6cc(-c7cccc8oc9ccccc9c78)ccc65)c4)cc3)n2)cc1.c1ccc(-c2nc(-c3ccccc3)nc(-c3cccc(-c4cccc(-n5c6ccccc6c6cc(-c7cccc8oc9ccccc9c78)ccc65)c4)c3)n2)cc1. The Bertz CT molecular complexity index is 7260. The monoisotopic (exact) mass is 1430 g/mol. The van der Waals surface area contributed by atoms with Crippen molar-refractivity contribution in [3.8, 4) is 124 Å². The van der Waals surface area contributed by atoms with Gasteiger partial charge < -0.3 is 18.0 Å². The minimum atomic E-state index is 0.632. The van der Waals surface area contributed by atoms with Gasteiger partial charge in [0.05, 0.1) is 22.1 Å². The fraction of sp³-hybridized carbons (Fsp3) is 0. The summed E-state index contributed by atoms with van der Waals surface area (Å²) in [5.74, 6) is 3.86. The van der Waals surface area contributed by atoms with E-state index in [-0.39, 0.29) is 0 Å². The van der Waals surface area contributed by atoms with E-state index in [1.807, 2.05) is 146 Å². The van der Waals surface area contributed by atoms with E-state index in [1.54, 1.807) is 0 Å². The molecule has 0 fully saturated rings. The van der Waals surface area contributed by atoms with Crippen LogP contribution < -0.4 is 0 Å². The fourth-order valence-electron chi connectivity index (χ4n) is 16.0. The Labute approximate surface area is 643 Å². The van der Waals surface area contributed by atoms with Crippen LogP contribution in [-0.4, -0.2) is 39.0 Å². The lowest BCUT2D eigenvalue weighted by Gasteiger charge is -2.12. The molecule has 0 N–H and O–H groups in total. The minimum Gasteiger partial charge on any atom is -0.456 e. The van der Waals surface area contributed by atoms with Gasteiger partial charge in [0.25, 0.3) is 0 Å². The summed E-state index contributed by atoms with van der Waals surface area (Å²) in [5, 5.41) is 9.38. The molecule has 0 amide bonds. The van der Waals surface area contributed by atoms with Crippen molar-refractivity contribution in [2.45, 2.75) is 0 Å². The van der Waals surface area contributed by atoms with Crippen LogP contribution in [0.25, 0.3) is 212 Å². The van der Waals surface area contributed by atoms with Crippen molar-refractivity contribution in [2.24, 2.45) is 0 Å². The first kappa shape index (κ1) is 65.1. The lowest BCUT2D eigenvalue weighted by atomic mass is 9.98. The van der Waals surface area contributed by atoms with Gasteiger partial charge in [-0.15, -0.1) is 0 Å². The Balaban J connectivity index is 0.000000141. The summed E-state index contributed by atoms with van der Waals surface area (Å²) in [6.45, 7) is 0. The maximum absolute atomic E-state index is 6.25. The molecule has 10 nitrogen and oxygen atoms in total. The van der Waals surface area contributed by atoms with Gasteiger partial charge in [0.1, 0.15) is 22.3 Å². The highest BCUT2D eigenvalue weighted by atomic mass is 16.3. The number of benzene rings is 16. The van der Waals surface area contributed by atoms with Crippen LogP contribution in [0, 0.1) is 0 Å². The molecule has 0 atom stereocenters. The van der Waals surface area contributed by atoms with Crippen molar-refractivity contribution in [1.29, 1.82) is 0 Å². The summed E-state index contributed by atoms with van der Waals surface area (Å²) in [6, 6.07) is 135. The van der Waals surface area contributed by atoms with Crippen molar-refractivity contribution in [3.63, 3.8) is 0 Å². The molecule has 6 heterocycles. The molecule has 0 aliphatic heterocycles. The first-order chi connectivity index (χ1) is 55.5. The number of hydrogen-bond donors (Lipinski definition) is 0. The summed E-state index contributed by atoms with van der Waals surface area (Å²) < 4.78 is 17.2. The first-order valence-corrected chi connectivity index (χ1v) is 37.5. The summed E-state index contributed by atoms with van der Waals surface area (Å²) in [7, 11) is 0. The second-order valence-electron chi connectivity index (χ2n) is 28.1. The molecule has 16 aromatic carbocycles. The number of nitrogens with zero attached hydrogens (tertiary/aromatic N) is 8. The third-order valence-corrected chi connectivity index (χ3v) is 21.3. The number of rotatable bonds is 12. The van der Waals surface area contributed by atoms with Crippen molar-refractivity contribution in [1.82, 2.24) is 39.0 Å². The van der Waals surface area contributed by atoms with Gasteiger partial charge in [0, 0.05) is 87.8 Å². The van der Waals surface area contributed by atoms with E-state index in [4.69, 9.17) is 38.7 Å². The van der Waals surface area contributed by atoms with Crippen molar-refractivity contribution in [2.75, 3.05) is 0 Å². The predicted octanol–water partition coefficient (Wildman–Crippen LogP) is 26.4. The normalized spacial score (nSPS) is 11.6. The second kappa shape index (κ2) is 27.5. The zero-order valence-corrected chi connectivity index (χ0v) is 60.3. The lowest BCUT2D eigenvalue weighted by molar-refractivity contribution is 0.668. The molecule has 112 heavy (non-hydrogen) atoms. The van der Waals surface area contributed by atoms with Crippen molar-refractivity contribution >= 4 is 87.5 Å². The molecule has 22 aromatic rings. The molecule has 0 aliphatic rings. The zero-order valence-electron chi connectivity index (χ0n) is 60.3. The Hall–Kier alpha value is -15.3. The lowest BCUT2D eigenvalue weighted by Crippen LogP contribution is -2.00. The average Bonchev–Trinajstić information content (AvgIpc) is 1.60. The van der Waals surface area contributed by atoms with Crippen LogP contribution in [0.3, 0.4) is 0 Å². The molecule has 0 saturated carbocycles. The molecule has 0 saturated heterocycles. The number of para-hydroxylation sites is 4. The highest BCUT2D eigenvalue weighted by Crippen LogP contribution is 2.44. The van der Waals surface area contributed by atoms with Gasteiger partial charge in [-0.25, -0.2) is 29.9 Å². The van der Waals surface area contributed by atoms with E-state index in [9.17, 15) is 0 Å². The van der Waals surface area contributed by atoms with Gasteiger partial charge in [0.2, 0.25) is 0 Å². The highest BCUT2D eigenvalue weighted by molar-refractivity contribution is 6.17. The third kappa shape index (κ3) is 11.7. The smallest absolute Gasteiger partial charge is 0.164 e. The summed E-state index contributed by atoms with van der Waals surface area (Å²) >= 11 is 0. The van der Waals surface area contributed by atoms with E-state index in [1.165, 1.54) is 27.1 Å².